The van der Waals surface area contributed by atoms with E-state index in [-0.39, 0.29) is 12.1 Å². The van der Waals surface area contributed by atoms with Gasteiger partial charge in [-0.05, 0) is 64.2 Å². The summed E-state index contributed by atoms with van der Waals surface area (Å²) in [7, 11) is 4.13. The summed E-state index contributed by atoms with van der Waals surface area (Å²) >= 11 is 0. The molecule has 0 spiro atoms. The second kappa shape index (κ2) is 9.40. The second-order valence-electron chi connectivity index (χ2n) is 9.58. The molecule has 166 valence electrons. The molecule has 3 aliphatic carbocycles. The molecule has 2 amide bonds. The standard InChI is InChI=1S/C23H38N6O/c1-28(2)21-19-10-6-7-11-20(19)26-23(27-21)25-16-12-14-18(15-13-16)29(22(24)30)17-8-4-3-5-9-17/h16-18H,3-15H2,1-2H3,(H2,24,30)(H,25,26,27)/t16-,18+. The van der Waals surface area contributed by atoms with Gasteiger partial charge in [0.15, 0.2) is 0 Å². The molecule has 0 radical (unpaired) electrons. The van der Waals surface area contributed by atoms with Gasteiger partial charge in [-0.3, -0.25) is 0 Å². The Labute approximate surface area is 180 Å². The van der Waals surface area contributed by atoms with Crippen molar-refractivity contribution in [3.05, 3.63) is 11.3 Å². The Bertz CT molecular complexity index is 737. The number of hydrogen-bond donors (Lipinski definition) is 2. The number of amides is 2. The normalized spacial score (nSPS) is 24.7. The summed E-state index contributed by atoms with van der Waals surface area (Å²) in [6, 6.07) is 0.758. The predicted octanol–water partition coefficient (Wildman–Crippen LogP) is 3.86. The van der Waals surface area contributed by atoms with E-state index in [2.05, 4.69) is 24.3 Å². The van der Waals surface area contributed by atoms with Crippen LogP contribution in [0.4, 0.5) is 16.6 Å². The Balaban J connectivity index is 1.40. The number of nitrogens with zero attached hydrogens (tertiary/aromatic N) is 4. The molecule has 1 heterocycles. The quantitative estimate of drug-likeness (QED) is 0.764. The summed E-state index contributed by atoms with van der Waals surface area (Å²) in [6.45, 7) is 0. The number of carbonyl (C=O) groups excluding carboxylic acids is 1. The van der Waals surface area contributed by atoms with E-state index in [0.29, 0.717) is 12.1 Å². The van der Waals surface area contributed by atoms with Crippen LogP contribution in [0.5, 0.6) is 0 Å². The third-order valence-electron chi connectivity index (χ3n) is 7.23. The van der Waals surface area contributed by atoms with Gasteiger partial charge in [0.2, 0.25) is 5.95 Å². The number of hydrogen-bond acceptors (Lipinski definition) is 5. The summed E-state index contributed by atoms with van der Waals surface area (Å²) < 4.78 is 0. The highest BCUT2D eigenvalue weighted by molar-refractivity contribution is 5.72. The van der Waals surface area contributed by atoms with Crippen molar-refractivity contribution in [3.63, 3.8) is 0 Å². The lowest BCUT2D eigenvalue weighted by Crippen LogP contribution is -2.52. The Hall–Kier alpha value is -2.05. The van der Waals surface area contributed by atoms with Crippen LogP contribution < -0.4 is 16.0 Å². The Kier molecular flexibility index (Phi) is 6.64. The van der Waals surface area contributed by atoms with Crippen LogP contribution in [0.15, 0.2) is 0 Å². The Morgan fingerprint density at radius 3 is 2.23 bits per heavy atom. The molecule has 7 nitrogen and oxygen atoms in total. The minimum atomic E-state index is -0.230. The SMILES string of the molecule is CN(C)c1nc(N[C@H]2CC[C@@H](N(C(N)=O)C3CCCCC3)CC2)nc2c1CCCC2. The molecular formula is C23H38N6O. The molecule has 0 bridgehead atoms. The Morgan fingerprint density at radius 1 is 0.900 bits per heavy atom. The van der Waals surface area contributed by atoms with Crippen molar-refractivity contribution in [1.82, 2.24) is 14.9 Å². The van der Waals surface area contributed by atoms with Crippen LogP contribution in [0.25, 0.3) is 0 Å². The third-order valence-corrected chi connectivity index (χ3v) is 7.23. The van der Waals surface area contributed by atoms with Crippen LogP contribution in [-0.4, -0.2) is 53.1 Å². The number of fused-ring (bicyclic) bond motifs is 1. The number of nitrogens with two attached hydrogens (primary N) is 1. The number of primary amides is 1. The minimum Gasteiger partial charge on any atom is -0.362 e. The van der Waals surface area contributed by atoms with E-state index in [0.717, 1.165) is 63.1 Å². The van der Waals surface area contributed by atoms with Gasteiger partial charge < -0.3 is 20.9 Å². The van der Waals surface area contributed by atoms with Gasteiger partial charge in [-0.2, -0.15) is 4.98 Å². The summed E-state index contributed by atoms with van der Waals surface area (Å²) in [5.41, 5.74) is 8.35. The van der Waals surface area contributed by atoms with Gasteiger partial charge in [0.05, 0.1) is 5.69 Å². The molecule has 1 aromatic heterocycles. The monoisotopic (exact) mass is 414 g/mol. The molecule has 2 fully saturated rings. The molecule has 0 atom stereocenters. The van der Waals surface area contributed by atoms with Crippen LogP contribution in [0.3, 0.4) is 0 Å². The zero-order valence-electron chi connectivity index (χ0n) is 18.7. The number of carbonyl (C=O) groups is 1. The molecule has 1 aromatic rings. The summed E-state index contributed by atoms with van der Waals surface area (Å²) in [5, 5.41) is 3.61. The van der Waals surface area contributed by atoms with Crippen molar-refractivity contribution in [1.29, 1.82) is 0 Å². The number of aromatic nitrogens is 2. The van der Waals surface area contributed by atoms with Gasteiger partial charge in [0, 0.05) is 37.8 Å². The highest BCUT2D eigenvalue weighted by atomic mass is 16.2. The van der Waals surface area contributed by atoms with Gasteiger partial charge in [-0.1, -0.05) is 19.3 Å². The van der Waals surface area contributed by atoms with E-state index in [9.17, 15) is 4.79 Å². The predicted molar refractivity (Wildman–Crippen MR) is 121 cm³/mol. The largest absolute Gasteiger partial charge is 0.362 e. The first-order valence-corrected chi connectivity index (χ1v) is 11.9. The van der Waals surface area contributed by atoms with Crippen molar-refractivity contribution < 1.29 is 4.79 Å². The highest BCUT2D eigenvalue weighted by Gasteiger charge is 2.33. The molecule has 2 saturated carbocycles. The molecule has 4 rings (SSSR count). The van der Waals surface area contributed by atoms with Gasteiger partial charge in [-0.25, -0.2) is 9.78 Å². The van der Waals surface area contributed by atoms with Crippen molar-refractivity contribution in [2.75, 3.05) is 24.3 Å². The lowest BCUT2D eigenvalue weighted by Gasteiger charge is -2.42. The van der Waals surface area contributed by atoms with Gasteiger partial charge in [-0.15, -0.1) is 0 Å². The van der Waals surface area contributed by atoms with E-state index >= 15 is 0 Å². The van der Waals surface area contributed by atoms with E-state index < -0.39 is 0 Å². The molecule has 7 heteroatoms. The van der Waals surface area contributed by atoms with Crippen molar-refractivity contribution in [3.8, 4) is 0 Å². The van der Waals surface area contributed by atoms with E-state index in [1.54, 1.807) is 0 Å². The maximum atomic E-state index is 12.2. The molecule has 3 N–H and O–H groups in total. The molecule has 0 aliphatic heterocycles. The molecule has 0 unspecified atom stereocenters. The lowest BCUT2D eigenvalue weighted by atomic mass is 9.87. The number of nitrogens with one attached hydrogen (secondary N) is 1. The first-order valence-electron chi connectivity index (χ1n) is 11.9. The molecule has 3 aliphatic rings. The van der Waals surface area contributed by atoms with Crippen LogP contribution >= 0.6 is 0 Å². The number of aryl methyl sites for hydroxylation is 1. The average molecular weight is 415 g/mol. The van der Waals surface area contributed by atoms with Crippen LogP contribution in [-0.2, 0) is 12.8 Å². The van der Waals surface area contributed by atoms with E-state index in [1.807, 2.05) is 4.90 Å². The Morgan fingerprint density at radius 2 is 1.57 bits per heavy atom. The van der Waals surface area contributed by atoms with E-state index in [1.165, 1.54) is 43.4 Å². The third kappa shape index (κ3) is 4.65. The molecular weight excluding hydrogens is 376 g/mol. The smallest absolute Gasteiger partial charge is 0.315 e. The van der Waals surface area contributed by atoms with Gasteiger partial charge >= 0.3 is 6.03 Å². The molecule has 0 aromatic carbocycles. The van der Waals surface area contributed by atoms with Crippen LogP contribution in [0, 0.1) is 0 Å². The fourth-order valence-corrected chi connectivity index (χ4v) is 5.71. The second-order valence-corrected chi connectivity index (χ2v) is 9.58. The average Bonchev–Trinajstić information content (AvgIpc) is 2.75. The van der Waals surface area contributed by atoms with Gasteiger partial charge in [0.1, 0.15) is 5.82 Å². The minimum absolute atomic E-state index is 0.230. The van der Waals surface area contributed by atoms with Crippen molar-refractivity contribution in [2.24, 2.45) is 5.73 Å². The van der Waals surface area contributed by atoms with E-state index in [4.69, 9.17) is 15.7 Å². The summed E-state index contributed by atoms with van der Waals surface area (Å²) in [4.78, 5) is 26.1. The zero-order chi connectivity index (χ0) is 21.1. The van der Waals surface area contributed by atoms with Gasteiger partial charge in [0.25, 0.3) is 0 Å². The van der Waals surface area contributed by atoms with Crippen LogP contribution in [0.1, 0.15) is 81.9 Å². The fourth-order valence-electron chi connectivity index (χ4n) is 5.71. The molecule has 30 heavy (non-hydrogen) atoms. The first kappa shape index (κ1) is 21.2. The lowest BCUT2D eigenvalue weighted by molar-refractivity contribution is 0.109. The maximum absolute atomic E-state index is 12.2. The van der Waals surface area contributed by atoms with Crippen molar-refractivity contribution in [2.45, 2.75) is 102 Å². The number of anilines is 2. The first-order chi connectivity index (χ1) is 14.5. The number of urea groups is 1. The number of rotatable bonds is 5. The zero-order valence-corrected chi connectivity index (χ0v) is 18.7. The maximum Gasteiger partial charge on any atom is 0.315 e. The van der Waals surface area contributed by atoms with Crippen LogP contribution in [0.2, 0.25) is 0 Å². The topological polar surface area (TPSA) is 87.4 Å². The summed E-state index contributed by atoms with van der Waals surface area (Å²) in [6.07, 6.45) is 14.6. The highest BCUT2D eigenvalue weighted by Crippen LogP contribution is 2.32. The fraction of sp³-hybridized carbons (Fsp3) is 0.783. The van der Waals surface area contributed by atoms with Crippen molar-refractivity contribution >= 4 is 17.8 Å². The molecule has 0 saturated heterocycles. The summed E-state index contributed by atoms with van der Waals surface area (Å²) in [5.74, 6) is 1.83.